The molecule has 0 aliphatic heterocycles. The molecule has 0 saturated carbocycles. The van der Waals surface area contributed by atoms with Gasteiger partial charge in [-0.25, -0.2) is 8.42 Å². The summed E-state index contributed by atoms with van der Waals surface area (Å²) in [5.74, 6) is -0.347. The van der Waals surface area contributed by atoms with Crippen molar-refractivity contribution in [1.82, 2.24) is 0 Å². The topological polar surface area (TPSA) is 95.2 Å². The Balaban J connectivity index is 0.00000338. The van der Waals surface area contributed by atoms with Gasteiger partial charge >= 0.3 is 29.6 Å². The first-order valence-electron chi connectivity index (χ1n) is 8.24. The Morgan fingerprint density at radius 2 is 1.35 bits per heavy atom. The zero-order chi connectivity index (χ0) is 18.8. The molecule has 0 radical (unpaired) electrons. The summed E-state index contributed by atoms with van der Waals surface area (Å²) in [6, 6.07) is 8.37. The summed E-state index contributed by atoms with van der Waals surface area (Å²) in [6.07, 6.45) is 0.294. The van der Waals surface area contributed by atoms with Gasteiger partial charge in [0, 0.05) is 23.7 Å². The molecule has 26 heavy (non-hydrogen) atoms. The molecule has 5 nitrogen and oxygen atoms in total. The van der Waals surface area contributed by atoms with Crippen molar-refractivity contribution < 1.29 is 42.5 Å². The van der Waals surface area contributed by atoms with Gasteiger partial charge in [0.1, 0.15) is 0 Å². The summed E-state index contributed by atoms with van der Waals surface area (Å²) in [6.45, 7) is 8.49. The smallest absolute Gasteiger partial charge is 0.748 e. The fourth-order valence-corrected chi connectivity index (χ4v) is 3.51. The second-order valence-corrected chi connectivity index (χ2v) is 8.07. The van der Waals surface area contributed by atoms with Gasteiger partial charge in [0.15, 0.2) is 0 Å². The number of nitrogen functional groups attached to an aromatic ring is 1. The number of nitrogens with one attached hydrogen (secondary N) is 1. The summed E-state index contributed by atoms with van der Waals surface area (Å²) in [5.41, 5.74) is 14.4. The van der Waals surface area contributed by atoms with E-state index in [0.29, 0.717) is 13.0 Å². The zero-order valence-corrected chi connectivity index (χ0v) is 19.0. The van der Waals surface area contributed by atoms with Crippen LogP contribution >= 0.6 is 0 Å². The molecule has 0 amide bonds. The predicted octanol–water partition coefficient (Wildman–Crippen LogP) is 0.521. The van der Waals surface area contributed by atoms with Crippen molar-refractivity contribution in [1.29, 1.82) is 0 Å². The van der Waals surface area contributed by atoms with Gasteiger partial charge in [-0.05, 0) is 91.8 Å². The molecule has 0 saturated heterocycles. The van der Waals surface area contributed by atoms with Gasteiger partial charge < -0.3 is 15.6 Å². The first-order valence-corrected chi connectivity index (χ1v) is 9.82. The van der Waals surface area contributed by atoms with Crippen LogP contribution in [0.1, 0.15) is 28.7 Å². The minimum absolute atomic E-state index is 0. The Labute approximate surface area is 178 Å². The third-order valence-electron chi connectivity index (χ3n) is 4.33. The predicted molar refractivity (Wildman–Crippen MR) is 103 cm³/mol. The summed E-state index contributed by atoms with van der Waals surface area (Å²) >= 11 is 0. The van der Waals surface area contributed by atoms with Crippen LogP contribution in [0.5, 0.6) is 0 Å². The molecule has 0 heterocycles. The number of benzene rings is 2. The minimum Gasteiger partial charge on any atom is -0.748 e. The van der Waals surface area contributed by atoms with Crippen molar-refractivity contribution in [3.05, 3.63) is 46.5 Å². The SMILES string of the molecule is Cc1cc(-c2cc(C)c(NCCCS(=O)(=O)[O-])c(C)c2)cc(C)c1N.[Na+]. The van der Waals surface area contributed by atoms with Gasteiger partial charge in [0.2, 0.25) is 0 Å². The number of aryl methyl sites for hydroxylation is 4. The van der Waals surface area contributed by atoms with Crippen LogP contribution in [0.3, 0.4) is 0 Å². The molecule has 2 aromatic rings. The van der Waals surface area contributed by atoms with E-state index in [0.717, 1.165) is 44.8 Å². The summed E-state index contributed by atoms with van der Waals surface area (Å²) in [7, 11) is -4.15. The first kappa shape index (κ1) is 23.0. The zero-order valence-electron chi connectivity index (χ0n) is 16.1. The molecular formula is C19H25N2NaO3S. The van der Waals surface area contributed by atoms with E-state index in [9.17, 15) is 13.0 Å². The van der Waals surface area contributed by atoms with Crippen LogP contribution in [0, 0.1) is 27.7 Å². The van der Waals surface area contributed by atoms with Crippen molar-refractivity contribution >= 4 is 21.5 Å². The monoisotopic (exact) mass is 384 g/mol. The molecule has 0 atom stereocenters. The average molecular weight is 384 g/mol. The molecule has 2 rings (SSSR count). The minimum atomic E-state index is -4.15. The van der Waals surface area contributed by atoms with Crippen LogP contribution in [-0.2, 0) is 10.1 Å². The van der Waals surface area contributed by atoms with Gasteiger partial charge in [-0.3, -0.25) is 0 Å². The third-order valence-corrected chi connectivity index (χ3v) is 5.12. The normalized spacial score (nSPS) is 11.1. The maximum Gasteiger partial charge on any atom is 1.00 e. The molecule has 136 valence electrons. The van der Waals surface area contributed by atoms with E-state index in [2.05, 4.69) is 29.6 Å². The van der Waals surface area contributed by atoms with Crippen LogP contribution in [-0.4, -0.2) is 25.3 Å². The Hall–Kier alpha value is -1.05. The molecule has 2 aromatic carbocycles. The Morgan fingerprint density at radius 3 is 1.77 bits per heavy atom. The number of rotatable bonds is 6. The summed E-state index contributed by atoms with van der Waals surface area (Å²) in [4.78, 5) is 0. The van der Waals surface area contributed by atoms with Crippen molar-refractivity contribution in [2.45, 2.75) is 34.1 Å². The Kier molecular flexibility index (Phi) is 8.17. The molecule has 0 aliphatic carbocycles. The summed E-state index contributed by atoms with van der Waals surface area (Å²) in [5, 5.41) is 3.24. The molecule has 0 bridgehead atoms. The molecule has 7 heteroatoms. The van der Waals surface area contributed by atoms with Crippen LogP contribution in [0.4, 0.5) is 11.4 Å². The molecule has 0 unspecified atom stereocenters. The fourth-order valence-electron chi connectivity index (χ4n) is 3.01. The van der Waals surface area contributed by atoms with Crippen LogP contribution < -0.4 is 40.6 Å². The molecule has 0 spiro atoms. The number of nitrogens with two attached hydrogens (primary N) is 1. The fraction of sp³-hybridized carbons (Fsp3) is 0.368. The van der Waals surface area contributed by atoms with Gasteiger partial charge in [-0.1, -0.05) is 0 Å². The first-order chi connectivity index (χ1) is 11.6. The van der Waals surface area contributed by atoms with Crippen molar-refractivity contribution in [2.24, 2.45) is 0 Å². The van der Waals surface area contributed by atoms with E-state index in [4.69, 9.17) is 5.73 Å². The van der Waals surface area contributed by atoms with Crippen LogP contribution in [0.25, 0.3) is 11.1 Å². The Morgan fingerprint density at radius 1 is 0.923 bits per heavy atom. The van der Waals surface area contributed by atoms with E-state index in [1.165, 1.54) is 0 Å². The maximum atomic E-state index is 10.7. The van der Waals surface area contributed by atoms with E-state index in [1.807, 2.05) is 27.7 Å². The van der Waals surface area contributed by atoms with Gasteiger partial charge in [-0.2, -0.15) is 0 Å². The molecule has 3 N–H and O–H groups in total. The molecular weight excluding hydrogens is 359 g/mol. The van der Waals surface area contributed by atoms with E-state index >= 15 is 0 Å². The standard InChI is InChI=1S/C19H26N2O3S.Na/c1-12-8-16(9-13(2)18(12)20)17-10-14(3)19(15(4)11-17)21-6-5-7-25(22,23)24;/h8-11,21H,5-7,20H2,1-4H3,(H,22,23,24);/q;+1/p-1. The van der Waals surface area contributed by atoms with Crippen LogP contribution in [0.15, 0.2) is 24.3 Å². The van der Waals surface area contributed by atoms with Gasteiger partial charge in [0.25, 0.3) is 0 Å². The molecule has 0 aromatic heterocycles. The number of anilines is 2. The largest absolute Gasteiger partial charge is 1.00 e. The average Bonchev–Trinajstić information content (AvgIpc) is 2.49. The van der Waals surface area contributed by atoms with Crippen LogP contribution in [0.2, 0.25) is 0 Å². The van der Waals surface area contributed by atoms with E-state index in [1.54, 1.807) is 0 Å². The second-order valence-electron chi connectivity index (χ2n) is 6.55. The number of hydrogen-bond acceptors (Lipinski definition) is 5. The third kappa shape index (κ3) is 5.99. The second kappa shape index (κ2) is 9.24. The molecule has 0 fully saturated rings. The summed E-state index contributed by atoms with van der Waals surface area (Å²) < 4.78 is 32.0. The van der Waals surface area contributed by atoms with E-state index < -0.39 is 10.1 Å². The molecule has 0 aliphatic rings. The van der Waals surface area contributed by atoms with Gasteiger partial charge in [-0.15, -0.1) is 0 Å². The van der Waals surface area contributed by atoms with Gasteiger partial charge in [0.05, 0.1) is 10.1 Å². The Bertz CT molecular complexity index is 850. The number of hydrogen-bond donors (Lipinski definition) is 2. The van der Waals surface area contributed by atoms with Crippen molar-refractivity contribution in [2.75, 3.05) is 23.3 Å². The van der Waals surface area contributed by atoms with Crippen molar-refractivity contribution in [3.8, 4) is 11.1 Å². The quantitative estimate of drug-likeness (QED) is 0.328. The maximum absolute atomic E-state index is 10.7. The van der Waals surface area contributed by atoms with Crippen molar-refractivity contribution in [3.63, 3.8) is 0 Å². The van der Waals surface area contributed by atoms with E-state index in [-0.39, 0.29) is 35.3 Å².